The Bertz CT molecular complexity index is 1080. The third kappa shape index (κ3) is 6.49. The number of aromatic nitrogens is 2. The summed E-state index contributed by atoms with van der Waals surface area (Å²) >= 11 is 0. The topological polar surface area (TPSA) is 99.2 Å². The van der Waals surface area contributed by atoms with E-state index < -0.39 is 0 Å². The van der Waals surface area contributed by atoms with Gasteiger partial charge in [0.2, 0.25) is 11.8 Å². The predicted molar refractivity (Wildman–Crippen MR) is 129 cm³/mol. The number of fused-ring (bicyclic) bond motifs is 1. The number of anilines is 4. The number of amides is 2. The number of nitrogens with one attached hydrogen (secondary N) is 3. The van der Waals surface area contributed by atoms with Gasteiger partial charge in [-0.1, -0.05) is 19.9 Å². The molecule has 2 aromatic carbocycles. The number of carbonyl (C=O) groups is 2. The molecule has 0 aliphatic heterocycles. The van der Waals surface area contributed by atoms with E-state index in [0.717, 1.165) is 42.5 Å². The molecule has 3 N–H and O–H groups in total. The van der Waals surface area contributed by atoms with E-state index in [1.54, 1.807) is 6.07 Å². The number of carbonyl (C=O) groups excluding carboxylic acids is 2. The van der Waals surface area contributed by atoms with E-state index in [9.17, 15) is 9.59 Å². The van der Waals surface area contributed by atoms with Gasteiger partial charge < -0.3 is 16.0 Å². The summed E-state index contributed by atoms with van der Waals surface area (Å²) in [5.41, 5.74) is 2.93. The van der Waals surface area contributed by atoms with Crippen molar-refractivity contribution in [1.29, 1.82) is 0 Å². The molecule has 0 fully saturated rings. The van der Waals surface area contributed by atoms with E-state index in [2.05, 4.69) is 44.7 Å². The van der Waals surface area contributed by atoms with Crippen LogP contribution in [-0.4, -0.2) is 46.3 Å². The molecule has 2 amide bonds. The average Bonchev–Trinajstić information content (AvgIpc) is 2.74. The molecule has 0 saturated carbocycles. The van der Waals surface area contributed by atoms with E-state index in [0.29, 0.717) is 23.7 Å². The predicted octanol–water partition coefficient (Wildman–Crippen LogP) is 4.39. The van der Waals surface area contributed by atoms with Crippen LogP contribution in [0.1, 0.15) is 33.6 Å². The molecular weight excluding hydrogens is 404 g/mol. The Labute approximate surface area is 188 Å². The SMILES string of the molecule is CCCN(CCC)CC(=O)Nc1cccc(Nc2ncnc3ccc(NC(C)=O)cc23)c1. The summed E-state index contributed by atoms with van der Waals surface area (Å²) in [5, 5.41) is 9.84. The van der Waals surface area contributed by atoms with Crippen molar-refractivity contribution in [2.45, 2.75) is 33.6 Å². The number of nitrogens with zero attached hydrogens (tertiary/aromatic N) is 3. The first-order valence-electron chi connectivity index (χ1n) is 10.9. The molecule has 0 saturated heterocycles. The lowest BCUT2D eigenvalue weighted by Crippen LogP contribution is -2.34. The van der Waals surface area contributed by atoms with Crippen molar-refractivity contribution in [3.05, 3.63) is 48.8 Å². The van der Waals surface area contributed by atoms with Crippen LogP contribution in [0, 0.1) is 0 Å². The molecular formula is C24H30N6O2. The van der Waals surface area contributed by atoms with E-state index in [-0.39, 0.29) is 11.8 Å². The Kier molecular flexibility index (Phi) is 8.10. The maximum Gasteiger partial charge on any atom is 0.238 e. The van der Waals surface area contributed by atoms with Crippen LogP contribution < -0.4 is 16.0 Å². The third-order valence-corrected chi connectivity index (χ3v) is 4.81. The van der Waals surface area contributed by atoms with Gasteiger partial charge >= 0.3 is 0 Å². The maximum absolute atomic E-state index is 12.5. The van der Waals surface area contributed by atoms with Gasteiger partial charge in [0.1, 0.15) is 12.1 Å². The average molecular weight is 435 g/mol. The zero-order valence-corrected chi connectivity index (χ0v) is 18.8. The van der Waals surface area contributed by atoms with Gasteiger partial charge in [-0.05, 0) is 62.3 Å². The molecule has 32 heavy (non-hydrogen) atoms. The first-order valence-corrected chi connectivity index (χ1v) is 10.9. The zero-order valence-electron chi connectivity index (χ0n) is 18.8. The minimum Gasteiger partial charge on any atom is -0.340 e. The van der Waals surface area contributed by atoms with Crippen LogP contribution >= 0.6 is 0 Å². The second-order valence-corrected chi connectivity index (χ2v) is 7.67. The zero-order chi connectivity index (χ0) is 22.9. The molecule has 0 spiro atoms. The minimum absolute atomic E-state index is 0.0310. The van der Waals surface area contributed by atoms with Crippen LogP contribution in [0.5, 0.6) is 0 Å². The van der Waals surface area contributed by atoms with Crippen LogP contribution in [0.4, 0.5) is 22.9 Å². The smallest absolute Gasteiger partial charge is 0.238 e. The Hall–Kier alpha value is -3.52. The van der Waals surface area contributed by atoms with Gasteiger partial charge in [-0.25, -0.2) is 9.97 Å². The number of rotatable bonds is 10. The van der Waals surface area contributed by atoms with Crippen LogP contribution in [0.15, 0.2) is 48.8 Å². The lowest BCUT2D eigenvalue weighted by molar-refractivity contribution is -0.117. The van der Waals surface area contributed by atoms with Crippen molar-refractivity contribution in [2.75, 3.05) is 35.6 Å². The number of benzene rings is 2. The van der Waals surface area contributed by atoms with Gasteiger partial charge in [0, 0.05) is 29.4 Å². The normalized spacial score (nSPS) is 10.9. The summed E-state index contributed by atoms with van der Waals surface area (Å²) in [7, 11) is 0. The lowest BCUT2D eigenvalue weighted by Gasteiger charge is -2.20. The quantitative estimate of drug-likeness (QED) is 0.438. The highest BCUT2D eigenvalue weighted by Crippen LogP contribution is 2.27. The molecule has 1 heterocycles. The molecule has 0 unspecified atom stereocenters. The summed E-state index contributed by atoms with van der Waals surface area (Å²) in [5.74, 6) is 0.440. The molecule has 0 atom stereocenters. The molecule has 3 rings (SSSR count). The van der Waals surface area contributed by atoms with Gasteiger partial charge in [-0.15, -0.1) is 0 Å². The van der Waals surface area contributed by atoms with Crippen molar-refractivity contribution >= 4 is 45.6 Å². The van der Waals surface area contributed by atoms with Gasteiger partial charge in [-0.2, -0.15) is 0 Å². The van der Waals surface area contributed by atoms with E-state index in [1.165, 1.54) is 13.3 Å². The van der Waals surface area contributed by atoms with Crippen LogP contribution in [0.2, 0.25) is 0 Å². The van der Waals surface area contributed by atoms with Crippen molar-refractivity contribution < 1.29 is 9.59 Å². The Morgan fingerprint density at radius 1 is 0.906 bits per heavy atom. The molecule has 0 bridgehead atoms. The number of hydrogen-bond acceptors (Lipinski definition) is 6. The van der Waals surface area contributed by atoms with Crippen molar-refractivity contribution in [1.82, 2.24) is 14.9 Å². The third-order valence-electron chi connectivity index (χ3n) is 4.81. The molecule has 0 aliphatic rings. The van der Waals surface area contributed by atoms with Crippen LogP contribution in [0.3, 0.4) is 0 Å². The fourth-order valence-corrected chi connectivity index (χ4v) is 3.55. The minimum atomic E-state index is -0.143. The molecule has 0 radical (unpaired) electrons. The Morgan fingerprint density at radius 3 is 2.34 bits per heavy atom. The van der Waals surface area contributed by atoms with Gasteiger partial charge in [-0.3, -0.25) is 14.5 Å². The van der Waals surface area contributed by atoms with E-state index in [4.69, 9.17) is 0 Å². The van der Waals surface area contributed by atoms with Crippen molar-refractivity contribution in [2.24, 2.45) is 0 Å². The monoisotopic (exact) mass is 434 g/mol. The molecule has 3 aromatic rings. The second kappa shape index (κ2) is 11.2. The van der Waals surface area contributed by atoms with Gasteiger partial charge in [0.25, 0.3) is 0 Å². The lowest BCUT2D eigenvalue weighted by atomic mass is 10.2. The fraction of sp³-hybridized carbons (Fsp3) is 0.333. The first-order chi connectivity index (χ1) is 15.5. The molecule has 168 valence electrons. The molecule has 8 heteroatoms. The first kappa shape index (κ1) is 23.1. The summed E-state index contributed by atoms with van der Waals surface area (Å²) in [4.78, 5) is 34.7. The maximum atomic E-state index is 12.5. The summed E-state index contributed by atoms with van der Waals surface area (Å²) in [6.07, 6.45) is 3.52. The molecule has 1 aromatic heterocycles. The van der Waals surface area contributed by atoms with Gasteiger partial charge in [0.15, 0.2) is 0 Å². The van der Waals surface area contributed by atoms with Crippen LogP contribution in [-0.2, 0) is 9.59 Å². The molecule has 0 aliphatic carbocycles. The van der Waals surface area contributed by atoms with Crippen LogP contribution in [0.25, 0.3) is 10.9 Å². The largest absolute Gasteiger partial charge is 0.340 e. The summed E-state index contributed by atoms with van der Waals surface area (Å²) in [6.45, 7) is 7.89. The highest BCUT2D eigenvalue weighted by molar-refractivity contribution is 5.97. The summed E-state index contributed by atoms with van der Waals surface area (Å²) < 4.78 is 0. The van der Waals surface area contributed by atoms with E-state index >= 15 is 0 Å². The Morgan fingerprint density at radius 2 is 1.62 bits per heavy atom. The standard InChI is InChI=1S/C24H30N6O2/c1-4-11-30(12-5-2)15-23(32)28-18-7-6-8-19(13-18)29-24-21-14-20(27-17(3)31)9-10-22(21)25-16-26-24/h6-10,13-14,16H,4-5,11-12,15H2,1-3H3,(H,27,31)(H,28,32)(H,25,26,29). The number of hydrogen-bond donors (Lipinski definition) is 3. The Balaban J connectivity index is 1.75. The highest BCUT2D eigenvalue weighted by Gasteiger charge is 2.11. The second-order valence-electron chi connectivity index (χ2n) is 7.67. The fourth-order valence-electron chi connectivity index (χ4n) is 3.55. The van der Waals surface area contributed by atoms with Crippen molar-refractivity contribution in [3.63, 3.8) is 0 Å². The van der Waals surface area contributed by atoms with Crippen molar-refractivity contribution in [3.8, 4) is 0 Å². The molecule has 8 nitrogen and oxygen atoms in total. The summed E-state index contributed by atoms with van der Waals surface area (Å²) in [6, 6.07) is 13.0. The van der Waals surface area contributed by atoms with E-state index in [1.807, 2.05) is 36.4 Å². The van der Waals surface area contributed by atoms with Gasteiger partial charge in [0.05, 0.1) is 12.1 Å². The highest BCUT2D eigenvalue weighted by atomic mass is 16.2.